The van der Waals surface area contributed by atoms with Crippen molar-refractivity contribution >= 4 is 5.78 Å². The molecule has 0 aromatic rings. The van der Waals surface area contributed by atoms with Crippen molar-refractivity contribution in [1.82, 2.24) is 0 Å². The van der Waals surface area contributed by atoms with Crippen LogP contribution in [0.3, 0.4) is 0 Å². The lowest BCUT2D eigenvalue weighted by atomic mass is 9.45. The van der Waals surface area contributed by atoms with Crippen LogP contribution in [0.4, 0.5) is 0 Å². The standard InChI is InChI=1S/C27H44O9/c1-23(34,13-28)7-6-21(33)26(4,35)20-5-8-27(36)15-10-16(29)14-9-17(30)18(31)11-24(14,2)22(15)19(32)12-25(20,27)3/h10,14,17-22,28,30-36H,5-9,11-13H2,1-4H3/t14-,17+,18-,19+,20-,21?,22+,23?,24-,25+,26+,27+/m0/s1. The van der Waals surface area contributed by atoms with Crippen LogP contribution >= 0.6 is 0 Å². The molecular weight excluding hydrogens is 468 g/mol. The Hall–Kier alpha value is -0.910. The molecule has 9 nitrogen and oxygen atoms in total. The van der Waals surface area contributed by atoms with Gasteiger partial charge in [0.25, 0.3) is 0 Å². The number of rotatable bonds is 6. The average Bonchev–Trinajstić information content (AvgIpc) is 3.05. The van der Waals surface area contributed by atoms with Crippen LogP contribution in [0.1, 0.15) is 72.6 Å². The molecule has 0 aromatic carbocycles. The van der Waals surface area contributed by atoms with E-state index in [9.17, 15) is 45.6 Å². The van der Waals surface area contributed by atoms with Gasteiger partial charge < -0.3 is 40.9 Å². The molecule has 4 aliphatic carbocycles. The SMILES string of the molecule is CC(O)(CO)CCC(O)[C@](C)(O)[C@H]1CC[C@@]2(O)C3=CC(=O)[C@@H]4C[C@@H](O)[C@@H](O)C[C@]4(C)[C@H]3[C@H](O)C[C@]12C. The van der Waals surface area contributed by atoms with Crippen molar-refractivity contribution in [3.05, 3.63) is 11.6 Å². The third-order valence-corrected chi connectivity index (χ3v) is 10.7. The number of hydrogen-bond acceptors (Lipinski definition) is 9. The Labute approximate surface area is 212 Å². The monoisotopic (exact) mass is 512 g/mol. The van der Waals surface area contributed by atoms with E-state index in [1.807, 2.05) is 6.92 Å². The van der Waals surface area contributed by atoms with Crippen LogP contribution in [0, 0.1) is 28.6 Å². The molecule has 4 aliphatic rings. The van der Waals surface area contributed by atoms with Crippen molar-refractivity contribution in [1.29, 1.82) is 0 Å². The Morgan fingerprint density at radius 2 is 1.72 bits per heavy atom. The number of carbonyl (C=O) groups excluding carboxylic acids is 1. The fourth-order valence-electron chi connectivity index (χ4n) is 8.48. The number of fused-ring (bicyclic) bond motifs is 5. The minimum atomic E-state index is -1.67. The van der Waals surface area contributed by atoms with Crippen LogP contribution < -0.4 is 0 Å². The Morgan fingerprint density at radius 3 is 2.33 bits per heavy atom. The molecule has 0 aliphatic heterocycles. The van der Waals surface area contributed by atoms with Gasteiger partial charge in [-0.15, -0.1) is 0 Å². The molecule has 0 amide bonds. The van der Waals surface area contributed by atoms with Gasteiger partial charge in [-0.25, -0.2) is 0 Å². The summed E-state index contributed by atoms with van der Waals surface area (Å²) in [6.07, 6.45) is -1.82. The van der Waals surface area contributed by atoms with Crippen LogP contribution in [0.2, 0.25) is 0 Å². The van der Waals surface area contributed by atoms with Gasteiger partial charge in [0.05, 0.1) is 47.8 Å². The first kappa shape index (κ1) is 28.1. The predicted molar refractivity (Wildman–Crippen MR) is 129 cm³/mol. The average molecular weight is 513 g/mol. The molecule has 0 heterocycles. The van der Waals surface area contributed by atoms with E-state index in [2.05, 4.69) is 0 Å². The van der Waals surface area contributed by atoms with Gasteiger partial charge in [0.2, 0.25) is 0 Å². The van der Waals surface area contributed by atoms with E-state index in [4.69, 9.17) is 0 Å². The first-order valence-corrected chi connectivity index (χ1v) is 13.2. The van der Waals surface area contributed by atoms with Crippen LogP contribution in [-0.2, 0) is 4.79 Å². The largest absolute Gasteiger partial charge is 0.393 e. The summed E-state index contributed by atoms with van der Waals surface area (Å²) >= 11 is 0. The van der Waals surface area contributed by atoms with Gasteiger partial charge in [0.15, 0.2) is 5.78 Å². The second-order valence-corrected chi connectivity index (χ2v) is 13.2. The molecule has 0 aromatic heterocycles. The van der Waals surface area contributed by atoms with Gasteiger partial charge >= 0.3 is 0 Å². The Bertz CT molecular complexity index is 915. The van der Waals surface area contributed by atoms with E-state index in [0.717, 1.165) is 0 Å². The minimum Gasteiger partial charge on any atom is -0.393 e. The third kappa shape index (κ3) is 3.93. The number of ketones is 1. The number of hydrogen-bond donors (Lipinski definition) is 8. The highest BCUT2D eigenvalue weighted by Gasteiger charge is 2.71. The maximum absolute atomic E-state index is 13.3. The van der Waals surface area contributed by atoms with Crippen molar-refractivity contribution in [2.45, 2.75) is 114 Å². The number of allylic oxidation sites excluding steroid dienone is 1. The molecule has 0 radical (unpaired) electrons. The van der Waals surface area contributed by atoms with Crippen molar-refractivity contribution in [2.24, 2.45) is 28.6 Å². The first-order valence-electron chi connectivity index (χ1n) is 13.2. The predicted octanol–water partition coefficient (Wildman–Crippen LogP) is -0.203. The van der Waals surface area contributed by atoms with E-state index in [1.54, 1.807) is 6.92 Å². The maximum atomic E-state index is 13.3. The highest BCUT2D eigenvalue weighted by Crippen LogP contribution is 2.68. The molecule has 3 fully saturated rings. The summed E-state index contributed by atoms with van der Waals surface area (Å²) < 4.78 is 0. The molecule has 206 valence electrons. The number of carbonyl (C=O) groups is 1. The molecule has 0 bridgehead atoms. The first-order chi connectivity index (χ1) is 16.4. The molecule has 36 heavy (non-hydrogen) atoms. The molecule has 12 atom stereocenters. The highest BCUT2D eigenvalue weighted by molar-refractivity contribution is 5.95. The smallest absolute Gasteiger partial charge is 0.159 e. The second kappa shape index (κ2) is 8.81. The van der Waals surface area contributed by atoms with Gasteiger partial charge in [-0.05, 0) is 81.8 Å². The van der Waals surface area contributed by atoms with Crippen LogP contribution in [0.25, 0.3) is 0 Å². The lowest BCUT2D eigenvalue weighted by Crippen LogP contribution is -2.66. The molecule has 0 saturated heterocycles. The van der Waals surface area contributed by atoms with Crippen molar-refractivity contribution in [3.63, 3.8) is 0 Å². The summed E-state index contributed by atoms with van der Waals surface area (Å²) in [6.45, 7) is 6.10. The van der Waals surface area contributed by atoms with Crippen LogP contribution in [-0.4, -0.2) is 94.5 Å². The highest BCUT2D eigenvalue weighted by atomic mass is 16.3. The normalized spacial score (nSPS) is 48.7. The third-order valence-electron chi connectivity index (χ3n) is 10.7. The number of aliphatic hydroxyl groups excluding tert-OH is 5. The quantitative estimate of drug-likeness (QED) is 0.239. The topological polar surface area (TPSA) is 179 Å². The fraction of sp³-hybridized carbons (Fsp3) is 0.889. The van der Waals surface area contributed by atoms with Gasteiger partial charge in [-0.2, -0.15) is 0 Å². The molecule has 8 N–H and O–H groups in total. The van der Waals surface area contributed by atoms with E-state index in [-0.39, 0.29) is 44.3 Å². The lowest BCUT2D eigenvalue weighted by molar-refractivity contribution is -0.197. The number of aliphatic hydroxyl groups is 8. The van der Waals surface area contributed by atoms with Crippen LogP contribution in [0.15, 0.2) is 11.6 Å². The molecule has 9 heteroatoms. The maximum Gasteiger partial charge on any atom is 0.159 e. The molecular formula is C27H44O9. The van der Waals surface area contributed by atoms with E-state index in [1.165, 1.54) is 19.9 Å². The van der Waals surface area contributed by atoms with Crippen molar-refractivity contribution in [3.8, 4) is 0 Å². The molecule has 0 spiro atoms. The van der Waals surface area contributed by atoms with Gasteiger partial charge in [0.1, 0.15) is 0 Å². The van der Waals surface area contributed by atoms with Crippen molar-refractivity contribution < 1.29 is 45.6 Å². The van der Waals surface area contributed by atoms with Gasteiger partial charge in [-0.1, -0.05) is 13.8 Å². The molecule has 4 rings (SSSR count). The Kier molecular flexibility index (Phi) is 6.88. The summed E-state index contributed by atoms with van der Waals surface area (Å²) in [7, 11) is 0. The van der Waals surface area contributed by atoms with Gasteiger partial charge in [-0.3, -0.25) is 4.79 Å². The van der Waals surface area contributed by atoms with E-state index in [0.29, 0.717) is 12.0 Å². The molecule has 2 unspecified atom stereocenters. The summed E-state index contributed by atoms with van der Waals surface area (Å²) in [6, 6.07) is 0. The fourth-order valence-corrected chi connectivity index (χ4v) is 8.48. The lowest BCUT2D eigenvalue weighted by Gasteiger charge is -2.62. The van der Waals surface area contributed by atoms with Crippen molar-refractivity contribution in [2.75, 3.05) is 6.61 Å². The molecule has 3 saturated carbocycles. The summed E-state index contributed by atoms with van der Waals surface area (Å²) in [5.41, 5.74) is -6.06. The minimum absolute atomic E-state index is 0.0257. The van der Waals surface area contributed by atoms with E-state index >= 15 is 0 Å². The zero-order valence-electron chi connectivity index (χ0n) is 21.8. The van der Waals surface area contributed by atoms with Gasteiger partial charge in [0, 0.05) is 17.3 Å². The second-order valence-electron chi connectivity index (χ2n) is 13.2. The zero-order valence-corrected chi connectivity index (χ0v) is 21.8. The van der Waals surface area contributed by atoms with E-state index < -0.39 is 76.4 Å². The van der Waals surface area contributed by atoms with Crippen LogP contribution in [0.5, 0.6) is 0 Å². The zero-order chi connectivity index (χ0) is 27.1. The Morgan fingerprint density at radius 1 is 1.08 bits per heavy atom. The summed E-state index contributed by atoms with van der Waals surface area (Å²) in [5.74, 6) is -2.02. The summed E-state index contributed by atoms with van der Waals surface area (Å²) in [5, 5.41) is 86.4. The Balaban J connectivity index is 1.69. The summed E-state index contributed by atoms with van der Waals surface area (Å²) in [4.78, 5) is 13.3.